The van der Waals surface area contributed by atoms with Gasteiger partial charge in [0.15, 0.2) is 0 Å². The highest BCUT2D eigenvalue weighted by Gasteiger charge is 2.57. The van der Waals surface area contributed by atoms with Crippen LogP contribution < -0.4 is 0 Å². The van der Waals surface area contributed by atoms with E-state index in [1.807, 2.05) is 6.92 Å². The van der Waals surface area contributed by atoms with Crippen molar-refractivity contribution in [2.45, 2.75) is 65.1 Å². The number of rotatable bonds is 4. The van der Waals surface area contributed by atoms with Gasteiger partial charge in [0.2, 0.25) is 6.29 Å². The maximum Gasteiger partial charge on any atom is 0.336 e. The number of carbonyl (C=O) groups excluding carboxylic acids is 1. The number of esters is 1. The monoisotopic (exact) mass is 348 g/mol. The van der Waals surface area contributed by atoms with E-state index < -0.39 is 23.6 Å². The fraction of sp³-hybridized carbons (Fsp3) is 0.700. The molecule has 0 saturated heterocycles. The predicted octanol–water partition coefficient (Wildman–Crippen LogP) is 3.43. The first-order valence-electron chi connectivity index (χ1n) is 9.19. The number of carboxylic acid groups (broad SMARTS) is 1. The van der Waals surface area contributed by atoms with Crippen LogP contribution in [0.5, 0.6) is 0 Å². The Morgan fingerprint density at radius 3 is 2.72 bits per heavy atom. The Hall–Kier alpha value is -1.62. The summed E-state index contributed by atoms with van der Waals surface area (Å²) in [5, 5.41) is 19.3. The second-order valence-corrected chi connectivity index (χ2v) is 8.41. The first-order chi connectivity index (χ1) is 11.7. The first-order valence-corrected chi connectivity index (χ1v) is 9.19. The van der Waals surface area contributed by atoms with Crippen molar-refractivity contribution in [1.82, 2.24) is 0 Å². The average molecular weight is 348 g/mol. The van der Waals surface area contributed by atoms with Crippen LogP contribution in [-0.4, -0.2) is 28.4 Å². The Morgan fingerprint density at radius 2 is 2.12 bits per heavy atom. The van der Waals surface area contributed by atoms with E-state index in [1.54, 1.807) is 0 Å². The number of fused-ring (bicyclic) bond motifs is 1. The fourth-order valence-electron chi connectivity index (χ4n) is 5.68. The lowest BCUT2D eigenvalue weighted by atomic mass is 9.46. The summed E-state index contributed by atoms with van der Waals surface area (Å²) in [7, 11) is 0. The normalized spacial score (nSPS) is 41.1. The van der Waals surface area contributed by atoms with Gasteiger partial charge < -0.3 is 14.9 Å². The quantitative estimate of drug-likeness (QED) is 0.601. The summed E-state index contributed by atoms with van der Waals surface area (Å²) < 4.78 is 4.76. The molecular formula is C20H28O5. The number of cyclic esters (lactones) is 1. The molecule has 0 aromatic heterocycles. The third-order valence-electron chi connectivity index (χ3n) is 7.04. The molecule has 25 heavy (non-hydrogen) atoms. The highest BCUT2D eigenvalue weighted by atomic mass is 16.6. The van der Waals surface area contributed by atoms with Gasteiger partial charge in [0.05, 0.1) is 5.41 Å². The molecule has 0 spiro atoms. The van der Waals surface area contributed by atoms with Crippen molar-refractivity contribution >= 4 is 11.9 Å². The molecule has 3 aliphatic rings. The second kappa shape index (κ2) is 6.27. The van der Waals surface area contributed by atoms with Gasteiger partial charge >= 0.3 is 11.9 Å². The van der Waals surface area contributed by atoms with E-state index in [0.29, 0.717) is 12.0 Å². The van der Waals surface area contributed by atoms with Crippen molar-refractivity contribution in [3.05, 3.63) is 23.8 Å². The number of hydrogen-bond donors (Lipinski definition) is 2. The molecule has 1 aliphatic heterocycles. The zero-order valence-electron chi connectivity index (χ0n) is 15.1. The number of aliphatic hydroxyl groups excluding tert-OH is 1. The largest absolute Gasteiger partial charge is 0.481 e. The SMILES string of the molecule is C=C1CC[C@H]2[C@@](C)(C(=O)O)CCC[C@]2(C)C1CCC1=CC(O)OC1=O. The topological polar surface area (TPSA) is 83.8 Å². The summed E-state index contributed by atoms with van der Waals surface area (Å²) in [6.45, 7) is 8.38. The van der Waals surface area contributed by atoms with Crippen LogP contribution in [0.4, 0.5) is 0 Å². The minimum atomic E-state index is -1.13. The van der Waals surface area contributed by atoms with E-state index in [2.05, 4.69) is 13.5 Å². The van der Waals surface area contributed by atoms with Gasteiger partial charge in [0.1, 0.15) is 0 Å². The van der Waals surface area contributed by atoms with Crippen molar-refractivity contribution in [3.63, 3.8) is 0 Å². The third-order valence-corrected chi connectivity index (χ3v) is 7.04. The smallest absolute Gasteiger partial charge is 0.336 e. The van der Waals surface area contributed by atoms with Crippen molar-refractivity contribution in [2.75, 3.05) is 0 Å². The van der Waals surface area contributed by atoms with Gasteiger partial charge in [-0.15, -0.1) is 0 Å². The standard InChI is InChI=1S/C20H28O5/c1-12-5-8-15-19(2,9-4-10-20(15,3)18(23)24)14(12)7-6-13-11-16(21)25-17(13)22/h11,14-16,21H,1,4-10H2,2-3H3,(H,23,24)/t14?,15-,16?,19-,20+/m1/s1. The number of aliphatic hydroxyl groups is 1. The van der Waals surface area contributed by atoms with Crippen LogP contribution in [-0.2, 0) is 14.3 Å². The molecule has 2 aliphatic carbocycles. The molecule has 0 aromatic carbocycles. The summed E-state index contributed by atoms with van der Waals surface area (Å²) in [5.41, 5.74) is 0.888. The maximum atomic E-state index is 12.0. The van der Waals surface area contributed by atoms with Gasteiger partial charge in [-0.05, 0) is 68.8 Å². The van der Waals surface area contributed by atoms with E-state index in [1.165, 1.54) is 11.6 Å². The van der Waals surface area contributed by atoms with Crippen LogP contribution in [0.3, 0.4) is 0 Å². The van der Waals surface area contributed by atoms with E-state index in [0.717, 1.165) is 38.5 Å². The number of aliphatic carboxylic acids is 1. The lowest BCUT2D eigenvalue weighted by Crippen LogP contribution is -2.53. The summed E-state index contributed by atoms with van der Waals surface area (Å²) in [6.07, 6.45) is 5.96. The van der Waals surface area contributed by atoms with Crippen LogP contribution in [0.1, 0.15) is 58.8 Å². The van der Waals surface area contributed by atoms with Crippen LogP contribution in [0.2, 0.25) is 0 Å². The molecule has 5 nitrogen and oxygen atoms in total. The molecule has 2 N–H and O–H groups in total. The lowest BCUT2D eigenvalue weighted by molar-refractivity contribution is -0.164. The molecule has 2 fully saturated rings. The highest BCUT2D eigenvalue weighted by molar-refractivity contribution is 5.90. The Bertz CT molecular complexity index is 636. The number of ether oxygens (including phenoxy) is 1. The molecule has 0 radical (unpaired) electrons. The maximum absolute atomic E-state index is 12.0. The van der Waals surface area contributed by atoms with Gasteiger partial charge in [0, 0.05) is 5.57 Å². The predicted molar refractivity (Wildman–Crippen MR) is 92.5 cm³/mol. The summed E-state index contributed by atoms with van der Waals surface area (Å²) in [5.74, 6) is -0.831. The summed E-state index contributed by atoms with van der Waals surface area (Å²) in [4.78, 5) is 23.7. The van der Waals surface area contributed by atoms with Gasteiger partial charge in [-0.25, -0.2) is 4.79 Å². The zero-order chi connectivity index (χ0) is 18.4. The van der Waals surface area contributed by atoms with Crippen molar-refractivity contribution in [1.29, 1.82) is 0 Å². The van der Waals surface area contributed by atoms with E-state index in [4.69, 9.17) is 4.74 Å². The molecular weight excluding hydrogens is 320 g/mol. The first kappa shape index (κ1) is 18.2. The van der Waals surface area contributed by atoms with Crippen LogP contribution in [0.25, 0.3) is 0 Å². The Labute approximate surface area is 148 Å². The average Bonchev–Trinajstić information content (AvgIpc) is 2.84. The molecule has 5 heteroatoms. The van der Waals surface area contributed by atoms with Crippen molar-refractivity contribution < 1.29 is 24.5 Å². The number of carbonyl (C=O) groups is 2. The van der Waals surface area contributed by atoms with E-state index in [-0.39, 0.29) is 17.3 Å². The minimum absolute atomic E-state index is 0.109. The molecule has 0 amide bonds. The van der Waals surface area contributed by atoms with Crippen molar-refractivity contribution in [3.8, 4) is 0 Å². The fourth-order valence-corrected chi connectivity index (χ4v) is 5.68. The second-order valence-electron chi connectivity index (χ2n) is 8.41. The van der Waals surface area contributed by atoms with Crippen LogP contribution in [0, 0.1) is 22.7 Å². The molecule has 138 valence electrons. The molecule has 1 heterocycles. The molecule has 0 aromatic rings. The van der Waals surface area contributed by atoms with Gasteiger partial charge in [-0.3, -0.25) is 4.79 Å². The Balaban J connectivity index is 1.83. The number of hydrogen-bond acceptors (Lipinski definition) is 4. The molecule has 2 saturated carbocycles. The molecule has 3 rings (SSSR count). The third kappa shape index (κ3) is 2.92. The zero-order valence-corrected chi connectivity index (χ0v) is 15.1. The van der Waals surface area contributed by atoms with Crippen molar-refractivity contribution in [2.24, 2.45) is 22.7 Å². The summed E-state index contributed by atoms with van der Waals surface area (Å²) >= 11 is 0. The van der Waals surface area contributed by atoms with E-state index in [9.17, 15) is 19.8 Å². The van der Waals surface area contributed by atoms with Gasteiger partial charge in [-0.2, -0.15) is 0 Å². The van der Waals surface area contributed by atoms with Crippen LogP contribution >= 0.6 is 0 Å². The van der Waals surface area contributed by atoms with Crippen LogP contribution in [0.15, 0.2) is 23.8 Å². The Morgan fingerprint density at radius 1 is 1.40 bits per heavy atom. The molecule has 2 unspecified atom stereocenters. The minimum Gasteiger partial charge on any atom is -0.481 e. The highest BCUT2D eigenvalue weighted by Crippen LogP contribution is 2.62. The summed E-state index contributed by atoms with van der Waals surface area (Å²) in [6, 6.07) is 0. The Kier molecular flexibility index (Phi) is 4.56. The van der Waals surface area contributed by atoms with E-state index >= 15 is 0 Å². The molecule has 0 bridgehead atoms. The van der Waals surface area contributed by atoms with Gasteiger partial charge in [0.25, 0.3) is 0 Å². The van der Waals surface area contributed by atoms with Gasteiger partial charge in [-0.1, -0.05) is 25.5 Å². The number of carboxylic acids is 1. The number of allylic oxidation sites excluding steroid dienone is 1. The lowest BCUT2D eigenvalue weighted by Gasteiger charge is -2.57. The molecule has 5 atom stereocenters.